The molecule has 1 aliphatic rings. The van der Waals surface area contributed by atoms with E-state index in [4.69, 9.17) is 20.9 Å². The topological polar surface area (TPSA) is 106 Å². The van der Waals surface area contributed by atoms with Crippen molar-refractivity contribution in [2.45, 2.75) is 24.8 Å². The number of hydrogen-bond acceptors (Lipinski definition) is 5. The van der Waals surface area contributed by atoms with Gasteiger partial charge in [-0.1, -0.05) is 66.7 Å². The first-order valence-electron chi connectivity index (χ1n) is 13.0. The monoisotopic (exact) mass is 511 g/mol. The van der Waals surface area contributed by atoms with Crippen LogP contribution in [-0.4, -0.2) is 30.7 Å². The summed E-state index contributed by atoms with van der Waals surface area (Å²) in [4.78, 5) is 20.4. The lowest BCUT2D eigenvalue weighted by Gasteiger charge is -2.38. The molecule has 0 bridgehead atoms. The first-order chi connectivity index (χ1) is 19.0. The Morgan fingerprint density at radius 1 is 0.872 bits per heavy atom. The Morgan fingerprint density at radius 2 is 1.62 bits per heavy atom. The van der Waals surface area contributed by atoms with Crippen LogP contribution in [-0.2, 0) is 5.54 Å². The van der Waals surface area contributed by atoms with Gasteiger partial charge in [-0.15, -0.1) is 0 Å². The minimum atomic E-state index is -1.05. The lowest BCUT2D eigenvalue weighted by molar-refractivity contribution is 0.0690. The summed E-state index contributed by atoms with van der Waals surface area (Å²) in [5.41, 5.74) is 14.8. The van der Waals surface area contributed by atoms with Gasteiger partial charge in [0.2, 0.25) is 0 Å². The van der Waals surface area contributed by atoms with Gasteiger partial charge in [0.25, 0.3) is 0 Å². The number of nitrogens with zero attached hydrogens (tertiary/aromatic N) is 4. The third kappa shape index (κ3) is 3.95. The molecule has 1 aliphatic carbocycles. The van der Waals surface area contributed by atoms with Crippen LogP contribution in [0, 0.1) is 0 Å². The summed E-state index contributed by atoms with van der Waals surface area (Å²) < 4.78 is 1.84. The molecule has 6 aromatic rings. The van der Waals surface area contributed by atoms with Gasteiger partial charge >= 0.3 is 5.97 Å². The molecular formula is C32H25N5O2. The van der Waals surface area contributed by atoms with E-state index in [-0.39, 0.29) is 11.2 Å². The van der Waals surface area contributed by atoms with Gasteiger partial charge in [-0.2, -0.15) is 5.10 Å². The number of hydrogen-bond donors (Lipinski definition) is 2. The molecule has 3 heterocycles. The third-order valence-electron chi connectivity index (χ3n) is 7.78. The molecule has 39 heavy (non-hydrogen) atoms. The Kier molecular flexibility index (Phi) is 5.28. The zero-order valence-corrected chi connectivity index (χ0v) is 21.1. The van der Waals surface area contributed by atoms with E-state index in [1.54, 1.807) is 12.3 Å². The maximum absolute atomic E-state index is 11.2. The molecule has 7 rings (SSSR count). The van der Waals surface area contributed by atoms with Crippen LogP contribution in [0.4, 0.5) is 0 Å². The Hall–Kier alpha value is -4.88. The molecule has 0 spiro atoms. The van der Waals surface area contributed by atoms with E-state index < -0.39 is 5.97 Å². The van der Waals surface area contributed by atoms with Gasteiger partial charge in [0.15, 0.2) is 5.65 Å². The first-order valence-corrected chi connectivity index (χ1v) is 13.0. The fourth-order valence-electron chi connectivity index (χ4n) is 5.37. The first kappa shape index (κ1) is 23.3. The third-order valence-corrected chi connectivity index (χ3v) is 7.78. The van der Waals surface area contributed by atoms with Crippen LogP contribution >= 0.6 is 0 Å². The van der Waals surface area contributed by atoms with Gasteiger partial charge in [-0.05, 0) is 54.2 Å². The summed E-state index contributed by atoms with van der Waals surface area (Å²) in [7, 11) is 0. The molecule has 3 aromatic heterocycles. The van der Waals surface area contributed by atoms with Crippen molar-refractivity contribution in [2.75, 3.05) is 0 Å². The smallest absolute Gasteiger partial charge is 0.354 e. The maximum Gasteiger partial charge on any atom is 0.354 e. The lowest BCUT2D eigenvalue weighted by Crippen LogP contribution is -2.43. The molecule has 3 N–H and O–H groups in total. The van der Waals surface area contributed by atoms with Crippen LogP contribution in [0.25, 0.3) is 50.1 Å². The summed E-state index contributed by atoms with van der Waals surface area (Å²) in [5, 5.41) is 14.9. The highest BCUT2D eigenvalue weighted by Crippen LogP contribution is 2.40. The molecule has 0 unspecified atom stereocenters. The SMILES string of the molecule is NC1(c2ccc(-c3nc4c5ccc(-c6ccc(C(=O)O)nc6)cc5nn4cc3-c3ccccc3)cc2)CCC1. The summed E-state index contributed by atoms with van der Waals surface area (Å²) in [5.74, 6) is -1.05. The number of rotatable bonds is 5. The molecule has 0 radical (unpaired) electrons. The van der Waals surface area contributed by atoms with Gasteiger partial charge < -0.3 is 10.8 Å². The van der Waals surface area contributed by atoms with E-state index in [0.29, 0.717) is 0 Å². The summed E-state index contributed by atoms with van der Waals surface area (Å²) >= 11 is 0. The molecule has 0 aliphatic heterocycles. The van der Waals surface area contributed by atoms with Crippen LogP contribution in [0.3, 0.4) is 0 Å². The number of aromatic carboxylic acids is 1. The quantitative estimate of drug-likeness (QED) is 0.281. The number of carboxylic acids is 1. The molecule has 0 saturated heterocycles. The average molecular weight is 512 g/mol. The molecule has 7 heteroatoms. The van der Waals surface area contributed by atoms with E-state index in [1.165, 1.54) is 18.1 Å². The highest BCUT2D eigenvalue weighted by atomic mass is 16.4. The molecular weight excluding hydrogens is 486 g/mol. The second kappa shape index (κ2) is 8.85. The average Bonchev–Trinajstić information content (AvgIpc) is 3.32. The van der Waals surface area contributed by atoms with Gasteiger partial charge in [-0.3, -0.25) is 0 Å². The molecule has 0 atom stereocenters. The molecule has 0 amide bonds. The number of benzene rings is 3. The molecule has 1 saturated carbocycles. The van der Waals surface area contributed by atoms with Crippen molar-refractivity contribution in [3.8, 4) is 33.5 Å². The number of aromatic nitrogens is 4. The zero-order chi connectivity index (χ0) is 26.6. The lowest BCUT2D eigenvalue weighted by atomic mass is 9.72. The second-order valence-electron chi connectivity index (χ2n) is 10.2. The number of pyridine rings is 1. The van der Waals surface area contributed by atoms with Crippen LogP contribution in [0.2, 0.25) is 0 Å². The fraction of sp³-hybridized carbons (Fsp3) is 0.125. The van der Waals surface area contributed by atoms with Gasteiger partial charge in [0, 0.05) is 40.0 Å². The van der Waals surface area contributed by atoms with Crippen molar-refractivity contribution in [1.82, 2.24) is 19.6 Å². The molecule has 7 nitrogen and oxygen atoms in total. The predicted octanol–water partition coefficient (Wildman–Crippen LogP) is 6.31. The summed E-state index contributed by atoms with van der Waals surface area (Å²) in [6, 6.07) is 28.0. The number of carboxylic acid groups (broad SMARTS) is 1. The second-order valence-corrected chi connectivity index (χ2v) is 10.2. The van der Waals surface area contributed by atoms with Crippen molar-refractivity contribution < 1.29 is 9.90 Å². The van der Waals surface area contributed by atoms with Gasteiger partial charge in [0.1, 0.15) is 5.69 Å². The standard InChI is InChI=1S/C32H25N5O2/c33-32(15-4-16-32)24-11-7-21(8-12-24)29-26(20-5-2-1-3-6-20)19-37-30(35-29)25-13-9-22(17-28(25)36-37)23-10-14-27(31(38)39)34-18-23/h1-3,5-14,17-19H,4,15-16,33H2,(H,38,39). The number of fused-ring (bicyclic) bond motifs is 3. The minimum absolute atomic E-state index is 0.0140. The minimum Gasteiger partial charge on any atom is -0.477 e. The van der Waals surface area contributed by atoms with Crippen LogP contribution < -0.4 is 5.73 Å². The Labute approximate surface area is 224 Å². The fourth-order valence-corrected chi connectivity index (χ4v) is 5.37. The molecule has 190 valence electrons. The van der Waals surface area contributed by atoms with E-state index in [0.717, 1.165) is 62.9 Å². The van der Waals surface area contributed by atoms with Gasteiger partial charge in [-0.25, -0.2) is 19.3 Å². The highest BCUT2D eigenvalue weighted by molar-refractivity contribution is 5.96. The van der Waals surface area contributed by atoms with Crippen molar-refractivity contribution in [2.24, 2.45) is 5.73 Å². The van der Waals surface area contributed by atoms with Crippen molar-refractivity contribution in [3.05, 3.63) is 109 Å². The molecule has 3 aromatic carbocycles. The molecule has 1 fully saturated rings. The van der Waals surface area contributed by atoms with E-state index in [2.05, 4.69) is 41.4 Å². The summed E-state index contributed by atoms with van der Waals surface area (Å²) in [6.07, 6.45) is 6.84. The number of carbonyl (C=O) groups is 1. The normalized spacial score (nSPS) is 14.4. The van der Waals surface area contributed by atoms with E-state index in [1.807, 2.05) is 47.1 Å². The zero-order valence-electron chi connectivity index (χ0n) is 21.1. The number of nitrogens with two attached hydrogens (primary N) is 1. The Morgan fingerprint density at radius 3 is 2.28 bits per heavy atom. The highest BCUT2D eigenvalue weighted by Gasteiger charge is 2.34. The maximum atomic E-state index is 11.2. The van der Waals surface area contributed by atoms with Crippen molar-refractivity contribution in [1.29, 1.82) is 0 Å². The Bertz CT molecular complexity index is 1860. The van der Waals surface area contributed by atoms with Crippen LogP contribution in [0.1, 0.15) is 35.3 Å². The van der Waals surface area contributed by atoms with Gasteiger partial charge in [0.05, 0.1) is 11.2 Å². The van der Waals surface area contributed by atoms with Crippen LogP contribution in [0.15, 0.2) is 97.3 Å². The van der Waals surface area contributed by atoms with E-state index >= 15 is 0 Å². The summed E-state index contributed by atoms with van der Waals surface area (Å²) in [6.45, 7) is 0. The van der Waals surface area contributed by atoms with Crippen LogP contribution in [0.5, 0.6) is 0 Å². The Balaban J connectivity index is 1.36. The van der Waals surface area contributed by atoms with Crippen molar-refractivity contribution >= 4 is 22.5 Å². The largest absolute Gasteiger partial charge is 0.477 e. The van der Waals surface area contributed by atoms with Crippen molar-refractivity contribution in [3.63, 3.8) is 0 Å². The predicted molar refractivity (Wildman–Crippen MR) is 151 cm³/mol. The van der Waals surface area contributed by atoms with E-state index in [9.17, 15) is 4.79 Å².